The third-order valence-electron chi connectivity index (χ3n) is 5.06. The first-order chi connectivity index (χ1) is 14.0. The summed E-state index contributed by atoms with van der Waals surface area (Å²) in [6.45, 7) is 16.9. The van der Waals surface area contributed by atoms with E-state index in [1.807, 2.05) is 0 Å². The fourth-order valence-corrected chi connectivity index (χ4v) is 3.39. The van der Waals surface area contributed by atoms with Crippen LogP contribution < -0.4 is 0 Å². The average Bonchev–Trinajstić information content (AvgIpc) is 2.76. The van der Waals surface area contributed by atoms with E-state index in [-0.39, 0.29) is 24.5 Å². The summed E-state index contributed by atoms with van der Waals surface area (Å²) in [6, 6.07) is -0.192. The van der Waals surface area contributed by atoms with Gasteiger partial charge in [0.1, 0.15) is 0 Å². The number of rotatable bonds is 14. The summed E-state index contributed by atoms with van der Waals surface area (Å²) >= 11 is 0. The predicted molar refractivity (Wildman–Crippen MR) is 113 cm³/mol. The van der Waals surface area contributed by atoms with Gasteiger partial charge in [0.25, 0.3) is 0 Å². The molecular weight excluding hydrogens is 372 g/mol. The van der Waals surface area contributed by atoms with Gasteiger partial charge in [-0.2, -0.15) is 0 Å². The molecule has 162 valence electrons. The largest absolute Gasteiger partial charge is 0.396 e. The molecule has 1 atom stereocenters. The topological polar surface area (TPSA) is 79.3 Å². The second-order valence-electron chi connectivity index (χ2n) is 7.18. The van der Waals surface area contributed by atoms with Crippen LogP contribution in [0.15, 0.2) is 50.6 Å². The Morgan fingerprint density at radius 2 is 1.59 bits per heavy atom. The van der Waals surface area contributed by atoms with Crippen molar-refractivity contribution in [2.45, 2.75) is 18.9 Å². The van der Waals surface area contributed by atoms with E-state index in [0.717, 1.165) is 0 Å². The molecule has 1 aliphatic rings. The van der Waals surface area contributed by atoms with Crippen molar-refractivity contribution < 1.29 is 24.2 Å². The van der Waals surface area contributed by atoms with E-state index >= 15 is 0 Å². The van der Waals surface area contributed by atoms with Crippen LogP contribution in [0, 0.1) is 5.41 Å². The van der Waals surface area contributed by atoms with Gasteiger partial charge < -0.3 is 24.4 Å². The quantitative estimate of drug-likeness (QED) is 0.269. The molecule has 0 aromatic carbocycles. The van der Waals surface area contributed by atoms with Crippen molar-refractivity contribution in [2.24, 2.45) is 5.41 Å². The van der Waals surface area contributed by atoms with E-state index in [4.69, 9.17) is 9.47 Å². The number of piperazine rings is 1. The third kappa shape index (κ3) is 7.61. The van der Waals surface area contributed by atoms with E-state index < -0.39 is 5.41 Å². The van der Waals surface area contributed by atoms with Crippen LogP contribution in [0.25, 0.3) is 0 Å². The van der Waals surface area contributed by atoms with Crippen LogP contribution in [0.3, 0.4) is 0 Å². The van der Waals surface area contributed by atoms with Gasteiger partial charge in [-0.3, -0.25) is 9.59 Å². The van der Waals surface area contributed by atoms with Crippen molar-refractivity contribution >= 4 is 11.8 Å². The number of nitrogens with zero attached hydrogens (tertiary/aromatic N) is 2. The summed E-state index contributed by atoms with van der Waals surface area (Å²) in [5.74, 6) is -0.320. The number of carbonyl (C=O) groups excluding carboxylic acids is 2. The number of carbonyl (C=O) groups is 2. The van der Waals surface area contributed by atoms with Crippen LogP contribution in [-0.2, 0) is 19.1 Å². The Morgan fingerprint density at radius 3 is 2.07 bits per heavy atom. The lowest BCUT2D eigenvalue weighted by atomic mass is 9.83. The Hall–Kier alpha value is -2.22. The minimum absolute atomic E-state index is 0.126. The molecule has 7 heteroatoms. The highest BCUT2D eigenvalue weighted by Gasteiger charge is 2.35. The number of ether oxygens (including phenoxy) is 2. The number of hydrogen-bond donors (Lipinski definition) is 1. The van der Waals surface area contributed by atoms with Gasteiger partial charge in [0.2, 0.25) is 11.8 Å². The van der Waals surface area contributed by atoms with Gasteiger partial charge in [0.05, 0.1) is 33.0 Å². The highest BCUT2D eigenvalue weighted by atomic mass is 16.5. The van der Waals surface area contributed by atoms with Crippen LogP contribution >= 0.6 is 0 Å². The molecule has 0 saturated carbocycles. The molecule has 1 aliphatic heterocycles. The number of hydrogen-bond acceptors (Lipinski definition) is 5. The zero-order valence-corrected chi connectivity index (χ0v) is 17.3. The van der Waals surface area contributed by atoms with E-state index in [2.05, 4.69) is 26.3 Å². The van der Waals surface area contributed by atoms with Crippen LogP contribution in [-0.4, -0.2) is 85.4 Å². The maximum Gasteiger partial charge on any atom is 0.246 e. The molecule has 0 radical (unpaired) electrons. The van der Waals surface area contributed by atoms with Gasteiger partial charge >= 0.3 is 0 Å². The fraction of sp³-hybridized carbons (Fsp3) is 0.545. The Morgan fingerprint density at radius 1 is 1.00 bits per heavy atom. The van der Waals surface area contributed by atoms with Crippen LogP contribution in [0.2, 0.25) is 0 Å². The first kappa shape index (κ1) is 24.8. The molecule has 0 aromatic heterocycles. The first-order valence-corrected chi connectivity index (χ1v) is 9.79. The normalized spacial score (nSPS) is 16.9. The summed E-state index contributed by atoms with van der Waals surface area (Å²) in [5, 5.41) is 10.1. The molecule has 1 N–H and O–H groups in total. The lowest BCUT2D eigenvalue weighted by Gasteiger charge is -2.42. The Bertz CT molecular complexity index is 576. The van der Waals surface area contributed by atoms with Gasteiger partial charge in [-0.1, -0.05) is 25.3 Å². The van der Waals surface area contributed by atoms with Crippen molar-refractivity contribution in [2.75, 3.05) is 52.7 Å². The highest BCUT2D eigenvalue weighted by Crippen LogP contribution is 2.28. The molecule has 0 spiro atoms. The molecule has 1 heterocycles. The Balaban J connectivity index is 2.92. The van der Waals surface area contributed by atoms with Gasteiger partial charge in [0.15, 0.2) is 0 Å². The smallest absolute Gasteiger partial charge is 0.246 e. The standard InChI is InChI=1S/C22H34N2O5/c1-5-13-28-17-22(16-25,18-29-14-6-2)10-9-19-15-23(20(26)7-3)11-12-24(19)21(27)8-4/h5-8,19,25H,1-4,9-18H2. The minimum atomic E-state index is -0.625. The van der Waals surface area contributed by atoms with E-state index in [1.54, 1.807) is 22.0 Å². The van der Waals surface area contributed by atoms with Crippen molar-refractivity contribution in [1.82, 2.24) is 9.80 Å². The summed E-state index contributed by atoms with van der Waals surface area (Å²) in [5.41, 5.74) is -0.625. The molecule has 7 nitrogen and oxygen atoms in total. The van der Waals surface area contributed by atoms with Gasteiger partial charge in [-0.25, -0.2) is 0 Å². The van der Waals surface area contributed by atoms with Crippen LogP contribution in [0.1, 0.15) is 12.8 Å². The predicted octanol–water partition coefficient (Wildman–Crippen LogP) is 1.56. The third-order valence-corrected chi connectivity index (χ3v) is 5.06. The van der Waals surface area contributed by atoms with Gasteiger partial charge in [-0.15, -0.1) is 13.2 Å². The average molecular weight is 407 g/mol. The molecule has 0 bridgehead atoms. The van der Waals surface area contributed by atoms with Crippen LogP contribution in [0.4, 0.5) is 0 Å². The number of aliphatic hydroxyl groups excluding tert-OH is 1. The summed E-state index contributed by atoms with van der Waals surface area (Å²) in [7, 11) is 0. The minimum Gasteiger partial charge on any atom is -0.396 e. The first-order valence-electron chi connectivity index (χ1n) is 9.79. The lowest BCUT2D eigenvalue weighted by molar-refractivity contribution is -0.138. The maximum absolute atomic E-state index is 12.3. The molecule has 0 aliphatic carbocycles. The summed E-state index contributed by atoms with van der Waals surface area (Å²) in [4.78, 5) is 27.8. The van der Waals surface area contributed by atoms with E-state index in [1.165, 1.54) is 12.2 Å². The summed E-state index contributed by atoms with van der Waals surface area (Å²) in [6.07, 6.45) is 7.01. The van der Waals surface area contributed by atoms with Gasteiger partial charge in [0, 0.05) is 31.1 Å². The van der Waals surface area contributed by atoms with Crippen LogP contribution in [0.5, 0.6) is 0 Å². The van der Waals surface area contributed by atoms with Crippen molar-refractivity contribution in [3.63, 3.8) is 0 Å². The summed E-state index contributed by atoms with van der Waals surface area (Å²) < 4.78 is 11.2. The molecular formula is C22H34N2O5. The highest BCUT2D eigenvalue weighted by molar-refractivity contribution is 5.89. The molecule has 1 fully saturated rings. The zero-order chi connectivity index (χ0) is 21.7. The second-order valence-corrected chi connectivity index (χ2v) is 7.18. The fourth-order valence-electron chi connectivity index (χ4n) is 3.39. The van der Waals surface area contributed by atoms with Crippen molar-refractivity contribution in [1.29, 1.82) is 0 Å². The number of aliphatic hydroxyl groups is 1. The van der Waals surface area contributed by atoms with E-state index in [0.29, 0.717) is 58.9 Å². The molecule has 29 heavy (non-hydrogen) atoms. The second kappa shape index (κ2) is 13.1. The Labute approximate surface area is 174 Å². The van der Waals surface area contributed by atoms with Crippen molar-refractivity contribution in [3.05, 3.63) is 50.6 Å². The van der Waals surface area contributed by atoms with Crippen molar-refractivity contribution in [3.8, 4) is 0 Å². The molecule has 1 unspecified atom stereocenters. The van der Waals surface area contributed by atoms with E-state index in [9.17, 15) is 14.7 Å². The lowest BCUT2D eigenvalue weighted by Crippen LogP contribution is -2.56. The molecule has 1 saturated heterocycles. The molecule has 1 rings (SSSR count). The maximum atomic E-state index is 12.3. The Kier molecular flexibility index (Phi) is 11.2. The SMILES string of the molecule is C=CCOCC(CO)(CCC1CN(C(=O)C=C)CCN1C(=O)C=C)COCC=C. The number of amides is 2. The molecule has 2 amide bonds. The zero-order valence-electron chi connectivity index (χ0n) is 17.3. The molecule has 0 aromatic rings. The van der Waals surface area contributed by atoms with Gasteiger partial charge in [-0.05, 0) is 25.0 Å². The monoisotopic (exact) mass is 406 g/mol.